The Balaban J connectivity index is 0.00000338. The van der Waals surface area contributed by atoms with Gasteiger partial charge in [0.2, 0.25) is 5.91 Å². The number of nitrogens with two attached hydrogens (primary N) is 1. The van der Waals surface area contributed by atoms with Crippen LogP contribution in [0.1, 0.15) is 30.9 Å². The molecule has 6 heteroatoms. The van der Waals surface area contributed by atoms with E-state index in [1.54, 1.807) is 24.3 Å². The summed E-state index contributed by atoms with van der Waals surface area (Å²) in [7, 11) is 0. The van der Waals surface area contributed by atoms with Crippen LogP contribution in [-0.2, 0) is 4.79 Å². The fourth-order valence-electron chi connectivity index (χ4n) is 2.21. The highest BCUT2D eigenvalue weighted by Crippen LogP contribution is 2.18. The van der Waals surface area contributed by atoms with E-state index in [2.05, 4.69) is 41.5 Å². The molecule has 0 aliphatic heterocycles. The molecule has 0 aliphatic carbocycles. The van der Waals surface area contributed by atoms with Gasteiger partial charge in [0.1, 0.15) is 6.54 Å². The summed E-state index contributed by atoms with van der Waals surface area (Å²) >= 11 is 0. The van der Waals surface area contributed by atoms with E-state index in [1.165, 1.54) is 5.56 Å². The van der Waals surface area contributed by atoms with E-state index in [4.69, 9.17) is 12.2 Å². The average molecular weight is 462 g/mol. The van der Waals surface area contributed by atoms with Crippen molar-refractivity contribution in [2.45, 2.75) is 19.8 Å². The van der Waals surface area contributed by atoms with Gasteiger partial charge in [0.05, 0.1) is 0 Å². The van der Waals surface area contributed by atoms with Crippen LogP contribution < -0.4 is 16.4 Å². The zero-order valence-corrected chi connectivity index (χ0v) is 17.2. The molecule has 0 unspecified atom stereocenters. The molecule has 0 bridgehead atoms. The van der Waals surface area contributed by atoms with Gasteiger partial charge in [0.15, 0.2) is 5.96 Å². The minimum absolute atomic E-state index is 0. The Bertz CT molecular complexity index is 825. The lowest BCUT2D eigenvalue weighted by Gasteiger charge is -2.10. The third kappa shape index (κ3) is 6.76. The van der Waals surface area contributed by atoms with Crippen molar-refractivity contribution in [1.82, 2.24) is 0 Å². The summed E-state index contributed by atoms with van der Waals surface area (Å²) in [6, 6.07) is 15.0. The summed E-state index contributed by atoms with van der Waals surface area (Å²) < 4.78 is 0. The van der Waals surface area contributed by atoms with Gasteiger partial charge in [0.25, 0.3) is 0 Å². The van der Waals surface area contributed by atoms with Crippen LogP contribution in [0, 0.1) is 12.3 Å². The number of nitrogens with one attached hydrogen (secondary N) is 2. The van der Waals surface area contributed by atoms with E-state index in [9.17, 15) is 4.79 Å². The van der Waals surface area contributed by atoms with Crippen LogP contribution >= 0.6 is 24.0 Å². The normalized spacial score (nSPS) is 10.6. The van der Waals surface area contributed by atoms with Gasteiger partial charge in [-0.25, -0.2) is 4.99 Å². The minimum Gasteiger partial charge on any atom is -0.370 e. The van der Waals surface area contributed by atoms with E-state index in [0.717, 1.165) is 5.69 Å². The fraction of sp³-hybridized carbons (Fsp3) is 0.200. The number of guanidine groups is 1. The number of carbonyl (C=O) groups is 1. The summed E-state index contributed by atoms with van der Waals surface area (Å²) in [5.41, 5.74) is 9.22. The number of rotatable bonds is 5. The van der Waals surface area contributed by atoms with Crippen LogP contribution in [0.2, 0.25) is 0 Å². The van der Waals surface area contributed by atoms with Crippen molar-refractivity contribution < 1.29 is 4.79 Å². The Labute approximate surface area is 171 Å². The number of hydrogen-bond donors (Lipinski definition) is 3. The number of carbonyl (C=O) groups excluding carboxylic acids is 1. The molecule has 0 aliphatic rings. The number of halogens is 1. The molecule has 1 amide bonds. The average Bonchev–Trinajstić information content (AvgIpc) is 2.60. The van der Waals surface area contributed by atoms with Gasteiger partial charge in [-0.2, -0.15) is 0 Å². The van der Waals surface area contributed by atoms with Crippen molar-refractivity contribution in [3.8, 4) is 12.3 Å². The Morgan fingerprint density at radius 3 is 2.46 bits per heavy atom. The third-order valence-corrected chi connectivity index (χ3v) is 3.53. The second-order valence-electron chi connectivity index (χ2n) is 5.88. The molecule has 136 valence electrons. The standard InChI is InChI=1S/C20H22N4O.HI/c1-4-15-7-5-9-17(11-15)23-19(25)13-22-20(21)24-18-10-6-8-16(12-18)14(2)3;/h1,5-12,14H,13H2,2-3H3,(H,23,25)(H3,21,22,24);1H. The van der Waals surface area contributed by atoms with E-state index >= 15 is 0 Å². The maximum absolute atomic E-state index is 12.0. The highest BCUT2D eigenvalue weighted by atomic mass is 127. The number of nitrogens with zero attached hydrogens (tertiary/aromatic N) is 1. The molecule has 2 aromatic carbocycles. The number of aliphatic imine (C=N–C) groups is 1. The van der Waals surface area contributed by atoms with E-state index in [-0.39, 0.29) is 42.4 Å². The van der Waals surface area contributed by atoms with Crippen LogP contribution in [0.15, 0.2) is 53.5 Å². The van der Waals surface area contributed by atoms with Crippen LogP contribution in [0.5, 0.6) is 0 Å². The zero-order valence-electron chi connectivity index (χ0n) is 14.8. The highest BCUT2D eigenvalue weighted by molar-refractivity contribution is 14.0. The number of anilines is 2. The molecule has 0 fully saturated rings. The first-order chi connectivity index (χ1) is 12.0. The first kappa shape index (κ1) is 21.5. The summed E-state index contributed by atoms with van der Waals surface area (Å²) in [5.74, 6) is 2.86. The van der Waals surface area contributed by atoms with Crippen LogP contribution in [-0.4, -0.2) is 18.4 Å². The number of terminal acetylenes is 1. The predicted octanol–water partition coefficient (Wildman–Crippen LogP) is 3.77. The Hall–Kier alpha value is -2.53. The SMILES string of the molecule is C#Cc1cccc(NC(=O)CN=C(N)Nc2cccc(C(C)C)c2)c1.I. The minimum atomic E-state index is -0.269. The molecular weight excluding hydrogens is 439 g/mol. The van der Waals surface area contributed by atoms with Gasteiger partial charge in [-0.15, -0.1) is 30.4 Å². The summed E-state index contributed by atoms with van der Waals surface area (Å²) in [6.45, 7) is 4.16. The summed E-state index contributed by atoms with van der Waals surface area (Å²) in [5, 5.41) is 5.73. The van der Waals surface area contributed by atoms with Crippen LogP contribution in [0.25, 0.3) is 0 Å². The van der Waals surface area contributed by atoms with Crippen LogP contribution in [0.4, 0.5) is 11.4 Å². The van der Waals surface area contributed by atoms with Crippen molar-refractivity contribution in [1.29, 1.82) is 0 Å². The number of hydrogen-bond acceptors (Lipinski definition) is 2. The molecule has 26 heavy (non-hydrogen) atoms. The first-order valence-electron chi connectivity index (χ1n) is 8.01. The molecule has 2 aromatic rings. The topological polar surface area (TPSA) is 79.5 Å². The molecule has 0 atom stereocenters. The van der Waals surface area contributed by atoms with Crippen molar-refractivity contribution >= 4 is 47.2 Å². The Kier molecular flexibility index (Phi) is 8.65. The van der Waals surface area contributed by atoms with E-state index < -0.39 is 0 Å². The van der Waals surface area contributed by atoms with Crippen molar-refractivity contribution in [2.75, 3.05) is 17.2 Å². The molecule has 0 spiro atoms. The molecule has 0 heterocycles. The molecular formula is C20H23IN4O. The predicted molar refractivity (Wildman–Crippen MR) is 119 cm³/mol. The molecule has 4 N–H and O–H groups in total. The second kappa shape index (κ2) is 10.5. The molecule has 0 saturated heterocycles. The molecule has 0 aromatic heterocycles. The Morgan fingerprint density at radius 1 is 1.15 bits per heavy atom. The van der Waals surface area contributed by atoms with Gasteiger partial charge in [0, 0.05) is 16.9 Å². The van der Waals surface area contributed by atoms with E-state index in [0.29, 0.717) is 17.2 Å². The lowest BCUT2D eigenvalue weighted by molar-refractivity contribution is -0.114. The maximum atomic E-state index is 12.0. The lowest BCUT2D eigenvalue weighted by Crippen LogP contribution is -2.25. The van der Waals surface area contributed by atoms with Gasteiger partial charge in [-0.1, -0.05) is 38.0 Å². The molecule has 2 rings (SSSR count). The second-order valence-corrected chi connectivity index (χ2v) is 5.88. The third-order valence-electron chi connectivity index (χ3n) is 3.53. The monoisotopic (exact) mass is 462 g/mol. The molecule has 0 radical (unpaired) electrons. The van der Waals surface area contributed by atoms with Gasteiger partial charge < -0.3 is 16.4 Å². The van der Waals surface area contributed by atoms with Crippen molar-refractivity contribution in [2.24, 2.45) is 10.7 Å². The summed E-state index contributed by atoms with van der Waals surface area (Å²) in [4.78, 5) is 16.0. The fourth-order valence-corrected chi connectivity index (χ4v) is 2.21. The number of amides is 1. The maximum Gasteiger partial charge on any atom is 0.246 e. The molecule has 5 nitrogen and oxygen atoms in total. The van der Waals surface area contributed by atoms with Crippen molar-refractivity contribution in [3.63, 3.8) is 0 Å². The number of benzene rings is 2. The molecule has 0 saturated carbocycles. The van der Waals surface area contributed by atoms with Crippen molar-refractivity contribution in [3.05, 3.63) is 59.7 Å². The van der Waals surface area contributed by atoms with Gasteiger partial charge in [-0.05, 0) is 41.8 Å². The van der Waals surface area contributed by atoms with Crippen LogP contribution in [0.3, 0.4) is 0 Å². The largest absolute Gasteiger partial charge is 0.370 e. The quantitative estimate of drug-likeness (QED) is 0.274. The van der Waals surface area contributed by atoms with Gasteiger partial charge in [-0.3, -0.25) is 4.79 Å². The summed E-state index contributed by atoms with van der Waals surface area (Å²) in [6.07, 6.45) is 5.34. The first-order valence-corrected chi connectivity index (χ1v) is 8.01. The Morgan fingerprint density at radius 2 is 1.81 bits per heavy atom. The smallest absolute Gasteiger partial charge is 0.246 e. The van der Waals surface area contributed by atoms with Gasteiger partial charge >= 0.3 is 0 Å². The van der Waals surface area contributed by atoms with E-state index in [1.807, 2.05) is 18.2 Å². The lowest BCUT2D eigenvalue weighted by atomic mass is 10.0. The zero-order chi connectivity index (χ0) is 18.2. The highest BCUT2D eigenvalue weighted by Gasteiger charge is 2.04.